The Balaban J connectivity index is 1.32. The van der Waals surface area contributed by atoms with E-state index in [9.17, 15) is 14.4 Å². The number of rotatable bonds is 5. The predicted octanol–water partition coefficient (Wildman–Crippen LogP) is 4.69. The molecule has 3 aliphatic rings. The number of benzene rings is 2. The Morgan fingerprint density at radius 3 is 2.69 bits per heavy atom. The molecule has 1 saturated carbocycles. The minimum Gasteiger partial charge on any atom is -0.471 e. The zero-order valence-electron chi connectivity index (χ0n) is 25.3. The topological polar surface area (TPSA) is 137 Å². The van der Waals surface area contributed by atoms with Crippen LogP contribution in [0.5, 0.6) is 5.88 Å². The van der Waals surface area contributed by atoms with Crippen molar-refractivity contribution in [3.8, 4) is 17.1 Å². The Morgan fingerprint density at radius 2 is 1.91 bits per heavy atom. The van der Waals surface area contributed by atoms with Crippen LogP contribution < -0.4 is 15.8 Å². The van der Waals surface area contributed by atoms with Gasteiger partial charge in [-0.25, -0.2) is 14.8 Å². The van der Waals surface area contributed by atoms with E-state index in [2.05, 4.69) is 27.3 Å². The van der Waals surface area contributed by atoms with Gasteiger partial charge in [-0.1, -0.05) is 65.2 Å². The van der Waals surface area contributed by atoms with E-state index in [1.165, 1.54) is 4.90 Å². The average Bonchev–Trinajstić information content (AvgIpc) is 3.56. The third-order valence-electron chi connectivity index (χ3n) is 8.84. The summed E-state index contributed by atoms with van der Waals surface area (Å²) in [6.45, 7) is 2.10. The van der Waals surface area contributed by atoms with Gasteiger partial charge in [0.25, 0.3) is 0 Å². The lowest BCUT2D eigenvalue weighted by Gasteiger charge is -2.28. The molecule has 45 heavy (non-hydrogen) atoms. The van der Waals surface area contributed by atoms with Gasteiger partial charge in [0.05, 0.1) is 30.2 Å². The Labute approximate surface area is 270 Å². The molecule has 6 rings (SSSR count). The fraction of sp³-hybridized carbons (Fsp3) is 0.441. The van der Waals surface area contributed by atoms with Crippen molar-refractivity contribution in [2.24, 2.45) is 11.7 Å². The number of carbonyl (C=O) groups is 3. The van der Waals surface area contributed by atoms with Crippen molar-refractivity contribution in [1.29, 1.82) is 0 Å². The Bertz CT molecular complexity index is 1630. The molecule has 3 N–H and O–H groups in total. The predicted molar refractivity (Wildman–Crippen MR) is 173 cm³/mol. The summed E-state index contributed by atoms with van der Waals surface area (Å²) >= 11 is 3.54. The maximum atomic E-state index is 14.0. The summed E-state index contributed by atoms with van der Waals surface area (Å²) in [6.07, 6.45) is 8.26. The summed E-state index contributed by atoms with van der Waals surface area (Å²) in [4.78, 5) is 52.0. The van der Waals surface area contributed by atoms with Crippen LogP contribution in [0.3, 0.4) is 0 Å². The third-order valence-corrected chi connectivity index (χ3v) is 9.33. The largest absolute Gasteiger partial charge is 0.471 e. The van der Waals surface area contributed by atoms with E-state index in [0.29, 0.717) is 29.9 Å². The monoisotopic (exact) mass is 675 g/mol. The van der Waals surface area contributed by atoms with Crippen molar-refractivity contribution in [1.82, 2.24) is 20.2 Å². The van der Waals surface area contributed by atoms with E-state index in [1.807, 2.05) is 54.6 Å². The van der Waals surface area contributed by atoms with Crippen molar-refractivity contribution >= 4 is 44.7 Å². The SMILES string of the molecule is CCOC(=O)[C@@]12C[C@H]1/C=C\CCCCC[C@H](N)C(=O)N1C[C@H](Oc3nc4ccccc4nc3-c3cccc(Br)c3)C[C@H]1C(=O)N2. The van der Waals surface area contributed by atoms with Gasteiger partial charge >= 0.3 is 5.97 Å². The molecule has 2 aromatic carbocycles. The van der Waals surface area contributed by atoms with Crippen molar-refractivity contribution in [3.63, 3.8) is 0 Å². The van der Waals surface area contributed by atoms with Crippen molar-refractivity contribution in [2.75, 3.05) is 13.2 Å². The van der Waals surface area contributed by atoms with Gasteiger partial charge in [-0.05, 0) is 56.9 Å². The number of aromatic nitrogens is 2. The first-order chi connectivity index (χ1) is 21.8. The van der Waals surface area contributed by atoms with Crippen molar-refractivity contribution < 1.29 is 23.9 Å². The number of hydrogen-bond acceptors (Lipinski definition) is 8. The van der Waals surface area contributed by atoms with Gasteiger partial charge in [0, 0.05) is 22.4 Å². The number of nitrogens with one attached hydrogen (secondary N) is 1. The number of halogens is 1. The molecule has 3 heterocycles. The number of nitrogens with zero attached hydrogens (tertiary/aromatic N) is 3. The van der Waals surface area contributed by atoms with Crippen LogP contribution in [0.25, 0.3) is 22.3 Å². The summed E-state index contributed by atoms with van der Waals surface area (Å²) in [5.74, 6) is -1.03. The molecule has 2 fully saturated rings. The van der Waals surface area contributed by atoms with Crippen LogP contribution >= 0.6 is 15.9 Å². The average molecular weight is 677 g/mol. The summed E-state index contributed by atoms with van der Waals surface area (Å²) in [5, 5.41) is 2.99. The van der Waals surface area contributed by atoms with Gasteiger partial charge in [-0.2, -0.15) is 0 Å². The molecule has 3 aromatic rings. The first-order valence-electron chi connectivity index (χ1n) is 15.7. The molecular weight excluding hydrogens is 638 g/mol. The van der Waals surface area contributed by atoms with Gasteiger partial charge in [-0.3, -0.25) is 9.59 Å². The van der Waals surface area contributed by atoms with Gasteiger partial charge in [0.1, 0.15) is 23.4 Å². The number of ether oxygens (including phenoxy) is 2. The number of nitrogens with two attached hydrogens (primary N) is 1. The smallest absolute Gasteiger partial charge is 0.332 e. The molecule has 2 aliphatic heterocycles. The lowest BCUT2D eigenvalue weighted by molar-refractivity contribution is -0.150. The number of allylic oxidation sites excluding steroid dienone is 1. The quantitative estimate of drug-likeness (QED) is 0.294. The number of fused-ring (bicyclic) bond motifs is 3. The second kappa shape index (κ2) is 13.3. The minimum atomic E-state index is -1.14. The van der Waals surface area contributed by atoms with Crippen LogP contribution in [0.15, 0.2) is 65.2 Å². The number of esters is 1. The summed E-state index contributed by atoms with van der Waals surface area (Å²) in [7, 11) is 0. The minimum absolute atomic E-state index is 0.146. The van der Waals surface area contributed by atoms with Crippen LogP contribution in [-0.4, -0.2) is 69.5 Å². The fourth-order valence-electron chi connectivity index (χ4n) is 6.34. The molecule has 0 radical (unpaired) electrons. The lowest BCUT2D eigenvalue weighted by Crippen LogP contribution is -2.55. The maximum Gasteiger partial charge on any atom is 0.332 e. The van der Waals surface area contributed by atoms with Crippen LogP contribution in [0.4, 0.5) is 0 Å². The molecule has 236 valence electrons. The molecule has 11 heteroatoms. The standard InChI is InChI=1S/C34H38BrN5O5/c1-2-44-33(43)34-19-22(34)12-6-4-3-5-7-14-25(36)32(42)40-20-24(18-28(40)30(41)39-34)45-31-29(21-11-10-13-23(35)17-21)37-26-15-8-9-16-27(26)38-31/h6,8-13,15-17,22,24-25,28H,2-5,7,14,18-20,36H2,1H3,(H,39,41)/b12-6-/t22-,24-,25+,28+,34-/m1/s1. The normalized spacial score (nSPS) is 27.8. The maximum absolute atomic E-state index is 14.0. The third kappa shape index (κ3) is 6.60. The van der Waals surface area contributed by atoms with Gasteiger partial charge in [-0.15, -0.1) is 0 Å². The van der Waals surface area contributed by atoms with Crippen LogP contribution in [0.1, 0.15) is 51.9 Å². The number of hydrogen-bond donors (Lipinski definition) is 2. The van der Waals surface area contributed by atoms with E-state index in [4.69, 9.17) is 25.2 Å². The van der Waals surface area contributed by atoms with Gasteiger partial charge in [0.2, 0.25) is 17.7 Å². The van der Waals surface area contributed by atoms with E-state index in [-0.39, 0.29) is 31.4 Å². The highest BCUT2D eigenvalue weighted by Gasteiger charge is 2.62. The summed E-state index contributed by atoms with van der Waals surface area (Å²) < 4.78 is 12.8. The molecular formula is C34H38BrN5O5. The molecule has 5 atom stereocenters. The molecule has 2 amide bonds. The van der Waals surface area contributed by atoms with Crippen LogP contribution in [0.2, 0.25) is 0 Å². The fourth-order valence-corrected chi connectivity index (χ4v) is 6.73. The molecule has 0 spiro atoms. The van der Waals surface area contributed by atoms with Crippen LogP contribution in [0, 0.1) is 5.92 Å². The Kier molecular flexibility index (Phi) is 9.18. The van der Waals surface area contributed by atoms with Crippen molar-refractivity contribution in [2.45, 2.75) is 75.6 Å². The first kappa shape index (κ1) is 31.2. The van der Waals surface area contributed by atoms with E-state index >= 15 is 0 Å². The Morgan fingerprint density at radius 1 is 1.11 bits per heavy atom. The van der Waals surface area contributed by atoms with Crippen LogP contribution in [-0.2, 0) is 19.1 Å². The molecule has 0 unspecified atom stereocenters. The number of carbonyl (C=O) groups excluding carboxylic acids is 3. The highest BCUT2D eigenvalue weighted by atomic mass is 79.9. The summed E-state index contributed by atoms with van der Waals surface area (Å²) in [6, 6.07) is 13.6. The van der Waals surface area contributed by atoms with Gasteiger partial charge < -0.3 is 25.4 Å². The number of amides is 2. The Hall–Kier alpha value is -3.83. The highest BCUT2D eigenvalue weighted by Crippen LogP contribution is 2.46. The van der Waals surface area contributed by atoms with Crippen molar-refractivity contribution in [3.05, 3.63) is 65.2 Å². The first-order valence-corrected chi connectivity index (χ1v) is 16.5. The van der Waals surface area contributed by atoms with E-state index in [1.54, 1.807) is 6.92 Å². The molecule has 1 aromatic heterocycles. The molecule has 10 nitrogen and oxygen atoms in total. The zero-order valence-corrected chi connectivity index (χ0v) is 26.9. The highest BCUT2D eigenvalue weighted by molar-refractivity contribution is 9.10. The zero-order chi connectivity index (χ0) is 31.6. The number of para-hydroxylation sites is 2. The van der Waals surface area contributed by atoms with E-state index < -0.39 is 35.6 Å². The molecule has 1 saturated heterocycles. The van der Waals surface area contributed by atoms with Gasteiger partial charge in [0.15, 0.2) is 0 Å². The second-order valence-corrected chi connectivity index (χ2v) is 12.9. The second-order valence-electron chi connectivity index (χ2n) is 12.0. The van der Waals surface area contributed by atoms with E-state index in [0.717, 1.165) is 41.2 Å². The molecule has 1 aliphatic carbocycles. The molecule has 0 bridgehead atoms. The summed E-state index contributed by atoms with van der Waals surface area (Å²) in [5.41, 5.74) is 8.02. The lowest BCUT2D eigenvalue weighted by atomic mass is 10.1.